The molecule has 0 N–H and O–H groups in total. The summed E-state index contributed by atoms with van der Waals surface area (Å²) in [6.45, 7) is 7.79. The van der Waals surface area contributed by atoms with Gasteiger partial charge in [-0.1, -0.05) is 103 Å². The molecule has 0 saturated heterocycles. The minimum Gasteiger partial charge on any atom is -0.308 e. The SMILES string of the molecule is [C-]#[N+]c1ccc2c(c1)c1cc(C#N)ccc1n2-c1c(-c2ccccc2C#N)cc(-c2nc(-c3ccccc3)nc(-c3ccccc3)n2)cc1-c1ccccc1C#N. The molecule has 0 atom stereocenters. The van der Waals surface area contributed by atoms with Crippen LogP contribution < -0.4 is 0 Å². The van der Waals surface area contributed by atoms with Crippen molar-refractivity contribution in [1.29, 1.82) is 15.8 Å². The van der Waals surface area contributed by atoms with Gasteiger partial charge in [0.25, 0.3) is 0 Å². The summed E-state index contributed by atoms with van der Waals surface area (Å²) < 4.78 is 2.11. The Morgan fingerprint density at radius 2 is 0.930 bits per heavy atom. The molecule has 0 amide bonds. The minimum absolute atomic E-state index is 0.406. The molecule has 9 rings (SSSR count). The molecule has 0 aliphatic rings. The summed E-state index contributed by atoms with van der Waals surface area (Å²) in [4.78, 5) is 18.8. The highest BCUT2D eigenvalue weighted by molar-refractivity contribution is 6.12. The van der Waals surface area contributed by atoms with Gasteiger partial charge >= 0.3 is 0 Å². The van der Waals surface area contributed by atoms with E-state index in [0.29, 0.717) is 73.4 Å². The molecule has 7 aromatic carbocycles. The van der Waals surface area contributed by atoms with Crippen LogP contribution in [-0.4, -0.2) is 19.5 Å². The van der Waals surface area contributed by atoms with Gasteiger partial charge in [-0.05, 0) is 60.0 Å². The zero-order valence-electron chi connectivity index (χ0n) is 30.1. The van der Waals surface area contributed by atoms with Gasteiger partial charge in [0.05, 0.1) is 58.2 Å². The highest BCUT2D eigenvalue weighted by Gasteiger charge is 2.25. The van der Waals surface area contributed by atoms with Crippen molar-refractivity contribution in [2.75, 3.05) is 0 Å². The van der Waals surface area contributed by atoms with E-state index in [1.165, 1.54) is 0 Å². The molecule has 2 aromatic heterocycles. The molecular weight excluding hydrogens is 701 g/mol. The Morgan fingerprint density at radius 3 is 1.44 bits per heavy atom. The van der Waals surface area contributed by atoms with Crippen molar-refractivity contribution in [1.82, 2.24) is 19.5 Å². The molecule has 8 nitrogen and oxygen atoms in total. The van der Waals surface area contributed by atoms with Crippen LogP contribution in [0.1, 0.15) is 16.7 Å². The van der Waals surface area contributed by atoms with Crippen molar-refractivity contribution >= 4 is 27.5 Å². The third kappa shape index (κ3) is 5.99. The zero-order valence-corrected chi connectivity index (χ0v) is 30.1. The molecule has 2 heterocycles. The smallest absolute Gasteiger partial charge is 0.188 e. The lowest BCUT2D eigenvalue weighted by atomic mass is 9.89. The topological polar surface area (TPSA) is 119 Å². The second-order valence-corrected chi connectivity index (χ2v) is 13.3. The van der Waals surface area contributed by atoms with Crippen LogP contribution in [0.3, 0.4) is 0 Å². The van der Waals surface area contributed by atoms with E-state index in [9.17, 15) is 15.8 Å². The highest BCUT2D eigenvalue weighted by Crippen LogP contribution is 2.45. The van der Waals surface area contributed by atoms with Crippen molar-refractivity contribution in [3.05, 3.63) is 186 Å². The van der Waals surface area contributed by atoms with Crippen molar-refractivity contribution in [3.8, 4) is 80.3 Å². The number of aromatic nitrogens is 4. The fraction of sp³-hybridized carbons (Fsp3) is 0. The van der Waals surface area contributed by atoms with Crippen LogP contribution in [0, 0.1) is 40.6 Å². The number of nitriles is 3. The molecule has 0 bridgehead atoms. The molecule has 0 radical (unpaired) electrons. The zero-order chi connectivity index (χ0) is 38.9. The summed E-state index contributed by atoms with van der Waals surface area (Å²) in [5.74, 6) is 1.39. The fourth-order valence-electron chi connectivity index (χ4n) is 7.38. The second-order valence-electron chi connectivity index (χ2n) is 13.3. The molecule has 8 heteroatoms. The maximum atomic E-state index is 10.5. The maximum Gasteiger partial charge on any atom is 0.188 e. The molecule has 0 aliphatic carbocycles. The van der Waals surface area contributed by atoms with Crippen molar-refractivity contribution in [2.45, 2.75) is 0 Å². The van der Waals surface area contributed by atoms with Crippen LogP contribution in [0.5, 0.6) is 0 Å². The van der Waals surface area contributed by atoms with E-state index in [4.69, 9.17) is 21.5 Å². The Bertz CT molecular complexity index is 3020. The first-order valence-corrected chi connectivity index (χ1v) is 18.0. The van der Waals surface area contributed by atoms with Crippen molar-refractivity contribution in [2.24, 2.45) is 0 Å². The molecule has 0 aliphatic heterocycles. The number of hydrogen-bond donors (Lipinski definition) is 0. The monoisotopic (exact) mass is 726 g/mol. The Labute approximate surface area is 327 Å². The van der Waals surface area contributed by atoms with Crippen LogP contribution >= 0.6 is 0 Å². The average Bonchev–Trinajstić information content (AvgIpc) is 3.61. The number of benzene rings is 7. The molecule has 9 aromatic rings. The summed E-state index contributed by atoms with van der Waals surface area (Å²) in [7, 11) is 0. The number of hydrogen-bond acceptors (Lipinski definition) is 6. The number of rotatable bonds is 6. The van der Waals surface area contributed by atoms with Gasteiger partial charge in [0.15, 0.2) is 23.2 Å². The van der Waals surface area contributed by atoms with E-state index >= 15 is 0 Å². The largest absolute Gasteiger partial charge is 0.308 e. The Hall–Kier alpha value is -8.69. The quantitative estimate of drug-likeness (QED) is 0.157. The van der Waals surface area contributed by atoms with Crippen molar-refractivity contribution in [3.63, 3.8) is 0 Å². The van der Waals surface area contributed by atoms with E-state index in [2.05, 4.69) is 27.6 Å². The summed E-state index contributed by atoms with van der Waals surface area (Å²) >= 11 is 0. The van der Waals surface area contributed by atoms with E-state index in [0.717, 1.165) is 32.9 Å². The van der Waals surface area contributed by atoms with Crippen LogP contribution in [0.15, 0.2) is 158 Å². The summed E-state index contributed by atoms with van der Waals surface area (Å²) in [5, 5.41) is 32.6. The lowest BCUT2D eigenvalue weighted by Crippen LogP contribution is -2.05. The van der Waals surface area contributed by atoms with Crippen molar-refractivity contribution < 1.29 is 0 Å². The molecule has 0 spiro atoms. The third-order valence-corrected chi connectivity index (χ3v) is 9.97. The summed E-state index contributed by atoms with van der Waals surface area (Å²) in [6, 6.07) is 56.4. The maximum absolute atomic E-state index is 10.5. The summed E-state index contributed by atoms with van der Waals surface area (Å²) in [5.41, 5.74) is 9.08. The molecule has 0 unspecified atom stereocenters. The van der Waals surface area contributed by atoms with Crippen LogP contribution in [0.25, 0.3) is 88.8 Å². The van der Waals surface area contributed by atoms with Gasteiger partial charge in [0.2, 0.25) is 0 Å². The molecule has 262 valence electrons. The standard InChI is InChI=1S/C49H26N8/c1-53-37-21-23-45-41(27-37)40-24-31(28-50)20-22-44(40)57(45)46-42(38-18-10-8-16-34(38)29-51)25-36(26-43(46)39-19-11-9-17-35(39)30-52)49-55-47(32-12-4-2-5-13-32)54-48(56-49)33-14-6-3-7-15-33/h2-27H. The molecular formula is C49H26N8. The average molecular weight is 727 g/mol. The predicted octanol–water partition coefficient (Wildman–Crippen LogP) is 11.5. The highest BCUT2D eigenvalue weighted by atomic mass is 15.0. The van der Waals surface area contributed by atoms with Gasteiger partial charge in [-0.25, -0.2) is 19.8 Å². The Balaban J connectivity index is 1.47. The number of nitrogens with zero attached hydrogens (tertiary/aromatic N) is 8. The lowest BCUT2D eigenvalue weighted by molar-refractivity contribution is 1.07. The molecule has 0 fully saturated rings. The Kier molecular flexibility index (Phi) is 8.54. The van der Waals surface area contributed by atoms with Gasteiger partial charge < -0.3 is 4.57 Å². The number of fused-ring (bicyclic) bond motifs is 3. The van der Waals surface area contributed by atoms with Crippen LogP contribution in [0.2, 0.25) is 0 Å². The Morgan fingerprint density at radius 1 is 0.456 bits per heavy atom. The second kappa shape index (κ2) is 14.3. The predicted molar refractivity (Wildman–Crippen MR) is 222 cm³/mol. The first kappa shape index (κ1) is 34.1. The lowest BCUT2D eigenvalue weighted by Gasteiger charge is -2.22. The van der Waals surface area contributed by atoms with E-state index in [1.54, 1.807) is 24.3 Å². The minimum atomic E-state index is 0.406. The third-order valence-electron chi connectivity index (χ3n) is 9.97. The van der Waals surface area contributed by atoms with E-state index in [1.807, 2.05) is 133 Å². The summed E-state index contributed by atoms with van der Waals surface area (Å²) in [6.07, 6.45) is 0. The van der Waals surface area contributed by atoms with E-state index in [-0.39, 0.29) is 0 Å². The molecule has 57 heavy (non-hydrogen) atoms. The van der Waals surface area contributed by atoms with Crippen LogP contribution in [-0.2, 0) is 0 Å². The van der Waals surface area contributed by atoms with Crippen LogP contribution in [0.4, 0.5) is 5.69 Å². The fourth-order valence-corrected chi connectivity index (χ4v) is 7.38. The first-order chi connectivity index (χ1) is 28.1. The first-order valence-electron chi connectivity index (χ1n) is 18.0. The van der Waals surface area contributed by atoms with Gasteiger partial charge in [0.1, 0.15) is 0 Å². The van der Waals surface area contributed by atoms with Gasteiger partial charge in [-0.15, -0.1) is 0 Å². The normalized spacial score (nSPS) is 10.7. The van der Waals surface area contributed by atoms with E-state index < -0.39 is 0 Å². The van der Waals surface area contributed by atoms with Gasteiger partial charge in [-0.3, -0.25) is 0 Å². The molecule has 0 saturated carbocycles. The van der Waals surface area contributed by atoms with Gasteiger partial charge in [0, 0.05) is 44.3 Å². The van der Waals surface area contributed by atoms with Gasteiger partial charge in [-0.2, -0.15) is 15.8 Å².